The highest BCUT2D eigenvalue weighted by molar-refractivity contribution is 5.90. The fourth-order valence-electron chi connectivity index (χ4n) is 1.96. The Morgan fingerprint density at radius 1 is 1.39 bits per heavy atom. The first-order valence-electron chi connectivity index (χ1n) is 7.22. The average molecular weight is 324 g/mol. The topological polar surface area (TPSA) is 135 Å². The van der Waals surface area contributed by atoms with E-state index < -0.39 is 17.4 Å². The molecule has 7 heteroatoms. The van der Waals surface area contributed by atoms with E-state index in [9.17, 15) is 9.59 Å². The van der Waals surface area contributed by atoms with Crippen LogP contribution < -0.4 is 0 Å². The lowest BCUT2D eigenvalue weighted by Crippen LogP contribution is -2.28. The van der Waals surface area contributed by atoms with Crippen LogP contribution in [0.5, 0.6) is 0 Å². The number of unbranched alkanes of at least 4 members (excludes halogenated alkanes) is 1. The van der Waals surface area contributed by atoms with Gasteiger partial charge in [0.2, 0.25) is 0 Å². The number of aromatic amines is 1. The van der Waals surface area contributed by atoms with E-state index in [0.717, 1.165) is 12.2 Å². The second-order valence-corrected chi connectivity index (χ2v) is 5.39. The fraction of sp³-hybridized carbons (Fsp3) is 0.438. The Hall–Kier alpha value is -2.41. The molecule has 0 saturated heterocycles. The second-order valence-electron chi connectivity index (χ2n) is 5.39. The number of hydrogen-bond acceptors (Lipinski definition) is 3. The van der Waals surface area contributed by atoms with Crippen molar-refractivity contribution in [3.05, 3.63) is 42.0 Å². The number of hydrogen-bond donors (Lipinski definition) is 3. The maximum atomic E-state index is 10.8. The highest BCUT2D eigenvalue weighted by atomic mass is 16.4. The maximum absolute atomic E-state index is 10.8. The summed E-state index contributed by atoms with van der Waals surface area (Å²) in [5, 5.41) is 17.5. The van der Waals surface area contributed by atoms with E-state index in [-0.39, 0.29) is 17.5 Å². The molecule has 0 saturated carbocycles. The van der Waals surface area contributed by atoms with E-state index in [1.807, 2.05) is 6.20 Å². The third kappa shape index (κ3) is 6.48. The number of nitrogens with zero attached hydrogens (tertiary/aromatic N) is 1. The number of carbonyl (C=O) groups is 2. The molecule has 7 nitrogen and oxygen atoms in total. The first-order valence-corrected chi connectivity index (χ1v) is 7.22. The molecule has 1 aliphatic carbocycles. The quantitative estimate of drug-likeness (QED) is 0.761. The van der Waals surface area contributed by atoms with E-state index in [2.05, 4.69) is 16.9 Å². The molecule has 1 aromatic rings. The number of carboxylic acid groups (broad SMARTS) is 2. The van der Waals surface area contributed by atoms with Gasteiger partial charge in [0.15, 0.2) is 0 Å². The van der Waals surface area contributed by atoms with Crippen molar-refractivity contribution in [1.82, 2.24) is 9.97 Å². The van der Waals surface area contributed by atoms with E-state index in [0.29, 0.717) is 0 Å². The molecule has 0 radical (unpaired) electrons. The van der Waals surface area contributed by atoms with Crippen LogP contribution in [0.4, 0.5) is 0 Å². The third-order valence-corrected chi connectivity index (χ3v) is 3.40. The number of imidazole rings is 1. The lowest BCUT2D eigenvalue weighted by Gasteiger charge is -2.23. The summed E-state index contributed by atoms with van der Waals surface area (Å²) in [5.74, 6) is -0.954. The van der Waals surface area contributed by atoms with Gasteiger partial charge in [0.25, 0.3) is 0 Å². The summed E-state index contributed by atoms with van der Waals surface area (Å²) in [6, 6.07) is 0. The van der Waals surface area contributed by atoms with Crippen molar-refractivity contribution in [2.45, 2.75) is 39.5 Å². The summed E-state index contributed by atoms with van der Waals surface area (Å²) >= 11 is 0. The molecule has 0 fully saturated rings. The Bertz CT molecular complexity index is 563. The molecule has 1 atom stereocenters. The van der Waals surface area contributed by atoms with Crippen LogP contribution >= 0.6 is 0 Å². The molecular weight excluding hydrogens is 300 g/mol. The Kier molecular flexibility index (Phi) is 8.57. The minimum atomic E-state index is -1.08. The van der Waals surface area contributed by atoms with Gasteiger partial charge in [-0.1, -0.05) is 31.6 Å². The Morgan fingerprint density at radius 2 is 2.09 bits per heavy atom. The van der Waals surface area contributed by atoms with Crippen LogP contribution in [-0.2, 0) is 16.0 Å². The molecule has 0 bridgehead atoms. The molecule has 1 aromatic heterocycles. The zero-order valence-electron chi connectivity index (χ0n) is 13.4. The zero-order valence-corrected chi connectivity index (χ0v) is 13.4. The van der Waals surface area contributed by atoms with Crippen LogP contribution in [0.25, 0.3) is 0 Å². The van der Waals surface area contributed by atoms with Crippen molar-refractivity contribution in [2.24, 2.45) is 5.41 Å². The van der Waals surface area contributed by atoms with Gasteiger partial charge in [-0.2, -0.15) is 0 Å². The normalized spacial score (nSPS) is 19.0. The summed E-state index contributed by atoms with van der Waals surface area (Å²) in [4.78, 5) is 28.5. The molecule has 0 amide bonds. The van der Waals surface area contributed by atoms with Gasteiger partial charge < -0.3 is 20.7 Å². The number of aliphatic carboxylic acids is 2. The second kappa shape index (κ2) is 9.58. The molecule has 1 unspecified atom stereocenters. The average Bonchev–Trinajstić information content (AvgIpc) is 2.99. The first kappa shape index (κ1) is 20.6. The number of aryl methyl sites for hydroxylation is 1. The highest BCUT2D eigenvalue weighted by Crippen LogP contribution is 2.31. The molecule has 1 aliphatic rings. The van der Waals surface area contributed by atoms with E-state index in [4.69, 9.17) is 10.2 Å². The number of aromatic nitrogens is 2. The van der Waals surface area contributed by atoms with Gasteiger partial charge >= 0.3 is 11.9 Å². The molecular formula is C16H24N2O5. The summed E-state index contributed by atoms with van der Waals surface area (Å²) in [5.41, 5.74) is -0.949. The fourth-order valence-corrected chi connectivity index (χ4v) is 1.96. The van der Waals surface area contributed by atoms with Gasteiger partial charge in [0, 0.05) is 24.4 Å². The molecule has 1 heterocycles. The van der Waals surface area contributed by atoms with Gasteiger partial charge in [-0.05, 0) is 19.8 Å². The summed E-state index contributed by atoms with van der Waals surface area (Å²) < 4.78 is 0. The highest BCUT2D eigenvalue weighted by Gasteiger charge is 2.34. The third-order valence-electron chi connectivity index (χ3n) is 3.40. The lowest BCUT2D eigenvalue weighted by atomic mass is 9.80. The number of carboxylic acids is 2. The number of rotatable bonds is 5. The molecule has 2 rings (SSSR count). The van der Waals surface area contributed by atoms with Gasteiger partial charge in [0.05, 0.1) is 5.41 Å². The molecule has 23 heavy (non-hydrogen) atoms. The van der Waals surface area contributed by atoms with Gasteiger partial charge in [-0.15, -0.1) is 0 Å². The Balaban J connectivity index is 0.000000427. The molecule has 0 spiro atoms. The van der Waals surface area contributed by atoms with Crippen LogP contribution in [0.15, 0.2) is 36.2 Å². The van der Waals surface area contributed by atoms with Crippen molar-refractivity contribution < 1.29 is 25.3 Å². The van der Waals surface area contributed by atoms with Gasteiger partial charge in [-0.25, -0.2) is 9.78 Å². The maximum Gasteiger partial charge on any atom is 0.331 e. The standard InChI is InChI=1S/C9H10O4.C7H12N2.H2O/c1-9(8(12)13)4-2-3-6(5-9)7(10)11;1-2-3-4-7-8-5-6-9-7;/h2-4H,5H2,1H3,(H,10,11)(H,12,13);5-6H,2-4H2,1H3,(H,8,9);1H2. The minimum absolute atomic E-state index is 0. The van der Waals surface area contributed by atoms with Gasteiger partial charge in [0.1, 0.15) is 5.82 Å². The Morgan fingerprint density at radius 3 is 2.57 bits per heavy atom. The monoisotopic (exact) mass is 324 g/mol. The predicted molar refractivity (Wildman–Crippen MR) is 86.0 cm³/mol. The first-order chi connectivity index (χ1) is 10.4. The Labute approximate surface area is 135 Å². The van der Waals surface area contributed by atoms with Crippen LogP contribution in [0.1, 0.15) is 38.9 Å². The number of allylic oxidation sites excluding steroid dienone is 2. The van der Waals surface area contributed by atoms with Crippen LogP contribution in [-0.4, -0.2) is 37.6 Å². The summed E-state index contributed by atoms with van der Waals surface area (Å²) in [6.45, 7) is 3.69. The lowest BCUT2D eigenvalue weighted by molar-refractivity contribution is -0.145. The summed E-state index contributed by atoms with van der Waals surface area (Å²) in [7, 11) is 0. The molecule has 128 valence electrons. The SMILES string of the molecule is CC1(C(=O)O)C=CC=C(C(=O)O)C1.CCCCc1ncc[nH]1.O. The largest absolute Gasteiger partial charge is 0.481 e. The molecule has 0 aromatic carbocycles. The van der Waals surface area contributed by atoms with E-state index >= 15 is 0 Å². The van der Waals surface area contributed by atoms with Crippen LogP contribution in [0.3, 0.4) is 0 Å². The van der Waals surface area contributed by atoms with Crippen molar-refractivity contribution in [3.63, 3.8) is 0 Å². The van der Waals surface area contributed by atoms with Crippen molar-refractivity contribution in [1.29, 1.82) is 0 Å². The van der Waals surface area contributed by atoms with E-state index in [1.165, 1.54) is 38.0 Å². The van der Waals surface area contributed by atoms with E-state index in [1.54, 1.807) is 6.20 Å². The minimum Gasteiger partial charge on any atom is -0.481 e. The van der Waals surface area contributed by atoms with Crippen LogP contribution in [0, 0.1) is 5.41 Å². The number of H-pyrrole nitrogens is 1. The predicted octanol–water partition coefficient (Wildman–Crippen LogP) is 1.98. The molecule has 5 N–H and O–H groups in total. The summed E-state index contributed by atoms with van der Waals surface area (Å²) in [6.07, 6.45) is 11.7. The van der Waals surface area contributed by atoms with Gasteiger partial charge in [-0.3, -0.25) is 4.79 Å². The smallest absolute Gasteiger partial charge is 0.331 e. The van der Waals surface area contributed by atoms with Crippen molar-refractivity contribution >= 4 is 11.9 Å². The number of nitrogens with one attached hydrogen (secondary N) is 1. The van der Waals surface area contributed by atoms with Crippen molar-refractivity contribution in [3.8, 4) is 0 Å². The zero-order chi connectivity index (χ0) is 16.6. The van der Waals surface area contributed by atoms with Crippen LogP contribution in [0.2, 0.25) is 0 Å². The molecule has 0 aliphatic heterocycles. The van der Waals surface area contributed by atoms with Crippen molar-refractivity contribution in [2.75, 3.05) is 0 Å².